The molecule has 63 valence electrons. The zero-order valence-corrected chi connectivity index (χ0v) is 6.92. The number of hydrogen-bond donors (Lipinski definition) is 1. The van der Waals surface area contributed by atoms with Crippen molar-refractivity contribution in [3.63, 3.8) is 0 Å². The van der Waals surface area contributed by atoms with Crippen molar-refractivity contribution < 1.29 is 9.50 Å². The Morgan fingerprint density at radius 2 is 2.00 bits per heavy atom. The molecule has 1 rings (SSSR count). The molecular weight excluding hydrogens is 179 g/mol. The molecule has 0 aromatic heterocycles. The van der Waals surface area contributed by atoms with Crippen LogP contribution in [0.3, 0.4) is 0 Å². The van der Waals surface area contributed by atoms with Crippen LogP contribution in [0.4, 0.5) is 4.39 Å². The average molecular weight is 186 g/mol. The lowest BCUT2D eigenvalue weighted by atomic mass is 10.1. The van der Waals surface area contributed by atoms with E-state index in [9.17, 15) is 4.39 Å². The highest BCUT2D eigenvalue weighted by Crippen LogP contribution is 2.20. The van der Waals surface area contributed by atoms with Crippen molar-refractivity contribution in [2.24, 2.45) is 0 Å². The summed E-state index contributed by atoms with van der Waals surface area (Å²) in [6.07, 6.45) is 1.25. The first-order valence-electron chi connectivity index (χ1n) is 3.36. The van der Waals surface area contributed by atoms with Crippen molar-refractivity contribution >= 4 is 11.6 Å². The van der Waals surface area contributed by atoms with Crippen molar-refractivity contribution in [1.82, 2.24) is 0 Å². The van der Waals surface area contributed by atoms with Gasteiger partial charge in [-0.3, -0.25) is 0 Å². The highest BCUT2D eigenvalue weighted by Gasteiger charge is 2.04. The third-order valence-electron chi connectivity index (χ3n) is 1.41. The van der Waals surface area contributed by atoms with Crippen LogP contribution in [0.15, 0.2) is 30.3 Å². The lowest BCUT2D eigenvalue weighted by molar-refractivity contribution is 0.384. The Hall–Kier alpha value is -1.02. The van der Waals surface area contributed by atoms with Gasteiger partial charge in [-0.25, -0.2) is 4.39 Å². The lowest BCUT2D eigenvalue weighted by Crippen LogP contribution is -1.85. The summed E-state index contributed by atoms with van der Waals surface area (Å²) in [5.41, 5.74) is 0.445. The minimum Gasteiger partial charge on any atom is -0.504 e. The fourth-order valence-electron chi connectivity index (χ4n) is 0.808. The van der Waals surface area contributed by atoms with Gasteiger partial charge in [0.05, 0.1) is 0 Å². The minimum absolute atomic E-state index is 0.445. The second-order valence-electron chi connectivity index (χ2n) is 2.25. The molecule has 1 aromatic rings. The first-order chi connectivity index (χ1) is 5.74. The summed E-state index contributed by atoms with van der Waals surface area (Å²) in [5, 5.41) is 8.74. The first-order valence-corrected chi connectivity index (χ1v) is 3.74. The molecule has 0 bridgehead atoms. The number of alkyl halides is 1. The Kier molecular flexibility index (Phi) is 3.11. The summed E-state index contributed by atoms with van der Waals surface area (Å²) >= 11 is 5.60. The van der Waals surface area contributed by atoms with E-state index in [-0.39, 0.29) is 0 Å². The molecule has 0 spiro atoms. The maximum atomic E-state index is 12.9. The topological polar surface area (TPSA) is 20.2 Å². The fraction of sp³-hybridized carbons (Fsp3) is 0.111. The van der Waals surface area contributed by atoms with Gasteiger partial charge in [-0.05, 0) is 23.8 Å². The van der Waals surface area contributed by atoms with E-state index in [1.165, 1.54) is 0 Å². The SMILES string of the molecule is O/[C]=C/C(F)c1ccc(Cl)cc1. The Bertz CT molecular complexity index is 268. The molecule has 0 fully saturated rings. The molecule has 0 aliphatic rings. The van der Waals surface area contributed by atoms with Crippen molar-refractivity contribution in [3.05, 3.63) is 47.2 Å². The molecule has 12 heavy (non-hydrogen) atoms. The minimum atomic E-state index is -1.33. The molecule has 0 amide bonds. The summed E-state index contributed by atoms with van der Waals surface area (Å²) in [4.78, 5) is 0. The van der Waals surface area contributed by atoms with Gasteiger partial charge in [-0.1, -0.05) is 23.7 Å². The number of allylic oxidation sites excluding steroid dienone is 1. The van der Waals surface area contributed by atoms with Crippen LogP contribution in [0.5, 0.6) is 0 Å². The maximum Gasteiger partial charge on any atom is 0.156 e. The van der Waals surface area contributed by atoms with Gasteiger partial charge in [-0.2, -0.15) is 0 Å². The second-order valence-corrected chi connectivity index (χ2v) is 2.69. The quantitative estimate of drug-likeness (QED) is 0.702. The monoisotopic (exact) mass is 185 g/mol. The number of hydrogen-bond acceptors (Lipinski definition) is 1. The molecule has 1 unspecified atom stereocenters. The Morgan fingerprint density at radius 3 is 2.50 bits per heavy atom. The number of benzene rings is 1. The van der Waals surface area contributed by atoms with E-state index in [1.54, 1.807) is 30.5 Å². The van der Waals surface area contributed by atoms with Gasteiger partial charge >= 0.3 is 0 Å². The van der Waals surface area contributed by atoms with Crippen LogP contribution >= 0.6 is 11.6 Å². The van der Waals surface area contributed by atoms with Crippen LogP contribution in [0.2, 0.25) is 5.02 Å². The number of aliphatic hydroxyl groups excluding tert-OH is 1. The molecule has 1 aromatic carbocycles. The predicted octanol–water partition coefficient (Wildman–Crippen LogP) is 3.23. The summed E-state index contributed by atoms with van der Waals surface area (Å²) < 4.78 is 12.9. The third kappa shape index (κ3) is 2.24. The van der Waals surface area contributed by atoms with Crippen molar-refractivity contribution in [2.45, 2.75) is 6.17 Å². The van der Waals surface area contributed by atoms with Gasteiger partial charge in [-0.15, -0.1) is 0 Å². The molecule has 0 heterocycles. The van der Waals surface area contributed by atoms with Crippen LogP contribution in [0, 0.1) is 6.26 Å². The molecule has 0 aliphatic carbocycles. The van der Waals surface area contributed by atoms with Crippen molar-refractivity contribution in [3.8, 4) is 0 Å². The average Bonchev–Trinajstić information content (AvgIpc) is 2.06. The Balaban J connectivity index is 2.82. The second kappa shape index (κ2) is 4.12. The normalized spacial score (nSPS) is 13.5. The molecular formula is C9H7ClFO. The van der Waals surface area contributed by atoms with Crippen LogP contribution in [0.25, 0.3) is 0 Å². The van der Waals surface area contributed by atoms with Gasteiger partial charge in [0.25, 0.3) is 0 Å². The fourth-order valence-corrected chi connectivity index (χ4v) is 0.934. The van der Waals surface area contributed by atoms with E-state index < -0.39 is 6.17 Å². The lowest BCUT2D eigenvalue weighted by Gasteiger charge is -2.01. The van der Waals surface area contributed by atoms with Crippen LogP contribution in [-0.4, -0.2) is 5.11 Å². The zero-order chi connectivity index (χ0) is 8.97. The highest BCUT2D eigenvalue weighted by molar-refractivity contribution is 6.30. The van der Waals surface area contributed by atoms with E-state index in [4.69, 9.17) is 16.7 Å². The summed E-state index contributed by atoms with van der Waals surface area (Å²) in [6, 6.07) is 6.30. The molecule has 3 heteroatoms. The highest BCUT2D eigenvalue weighted by atomic mass is 35.5. The number of halogens is 2. The van der Waals surface area contributed by atoms with Gasteiger partial charge < -0.3 is 5.11 Å². The summed E-state index contributed by atoms with van der Waals surface area (Å²) in [7, 11) is 0. The molecule has 0 aliphatic heterocycles. The molecule has 0 saturated heterocycles. The molecule has 1 nitrogen and oxygen atoms in total. The summed E-state index contributed by atoms with van der Waals surface area (Å²) in [6.45, 7) is 0. The van der Waals surface area contributed by atoms with Crippen LogP contribution in [0.1, 0.15) is 11.7 Å². The summed E-state index contributed by atoms with van der Waals surface area (Å²) in [5.74, 6) is 0. The van der Waals surface area contributed by atoms with Gasteiger partial charge in [0, 0.05) is 5.02 Å². The smallest absolute Gasteiger partial charge is 0.156 e. The van der Waals surface area contributed by atoms with Crippen LogP contribution < -0.4 is 0 Å². The number of aliphatic hydroxyl groups is 1. The van der Waals surface area contributed by atoms with E-state index >= 15 is 0 Å². The van der Waals surface area contributed by atoms with Gasteiger partial charge in [0.15, 0.2) is 6.26 Å². The van der Waals surface area contributed by atoms with E-state index in [0.29, 0.717) is 10.6 Å². The zero-order valence-electron chi connectivity index (χ0n) is 6.17. The number of rotatable bonds is 2. The van der Waals surface area contributed by atoms with E-state index in [2.05, 4.69) is 0 Å². The maximum absolute atomic E-state index is 12.9. The van der Waals surface area contributed by atoms with Crippen LogP contribution in [-0.2, 0) is 0 Å². The Labute approximate surface area is 75.1 Å². The molecule has 0 saturated carbocycles. The van der Waals surface area contributed by atoms with E-state index in [1.807, 2.05) is 0 Å². The third-order valence-corrected chi connectivity index (χ3v) is 1.66. The molecule has 1 radical (unpaired) electrons. The molecule has 1 atom stereocenters. The van der Waals surface area contributed by atoms with Gasteiger partial charge in [0.1, 0.15) is 6.17 Å². The first kappa shape index (κ1) is 9.07. The van der Waals surface area contributed by atoms with Gasteiger partial charge in [0.2, 0.25) is 0 Å². The largest absolute Gasteiger partial charge is 0.504 e. The predicted molar refractivity (Wildman–Crippen MR) is 45.7 cm³/mol. The molecule has 1 N–H and O–H groups in total. The Morgan fingerprint density at radius 1 is 1.42 bits per heavy atom. The van der Waals surface area contributed by atoms with Crippen molar-refractivity contribution in [1.29, 1.82) is 0 Å². The van der Waals surface area contributed by atoms with Crippen molar-refractivity contribution in [2.75, 3.05) is 0 Å². The van der Waals surface area contributed by atoms with E-state index in [0.717, 1.165) is 6.08 Å². The standard InChI is InChI=1S/C9H7ClFO/c10-8-3-1-7(2-4-8)9(11)5-6-12/h1-5,9,12H.